The summed E-state index contributed by atoms with van der Waals surface area (Å²) in [6.45, 7) is 10.2. The Morgan fingerprint density at radius 1 is 0.712 bits per heavy atom. The molecule has 0 spiro atoms. The summed E-state index contributed by atoms with van der Waals surface area (Å²) >= 11 is 0. The Morgan fingerprint density at radius 3 is 1.83 bits per heavy atom. The van der Waals surface area contributed by atoms with Crippen LogP contribution in [0, 0.1) is 11.8 Å². The number of likely N-dealkylation sites (tertiary alicyclic amines) is 1. The molecule has 0 aliphatic carbocycles. The number of carbonyl (C=O) groups excluding carboxylic acids is 8. The van der Waals surface area contributed by atoms with Gasteiger partial charge in [-0.3, -0.25) is 47.9 Å². The number of carboxylic acid groups (broad SMARTS) is 2. The van der Waals surface area contributed by atoms with Gasteiger partial charge in [0.1, 0.15) is 36.8 Å². The lowest BCUT2D eigenvalue weighted by atomic mass is 9.98. The van der Waals surface area contributed by atoms with Crippen LogP contribution in [-0.2, 0) is 47.9 Å². The second-order valence-electron chi connectivity index (χ2n) is 13.4. The predicted octanol–water partition coefficient (Wildman–Crippen LogP) is -1.81. The van der Waals surface area contributed by atoms with Crippen molar-refractivity contribution in [1.82, 2.24) is 36.8 Å². The summed E-state index contributed by atoms with van der Waals surface area (Å²) in [4.78, 5) is 126. The third-order valence-corrected chi connectivity index (χ3v) is 8.24. The number of ketones is 1. The lowest BCUT2D eigenvalue weighted by Gasteiger charge is -2.32. The summed E-state index contributed by atoms with van der Waals surface area (Å²) in [5, 5.41) is 32.3. The van der Waals surface area contributed by atoms with E-state index in [0.717, 1.165) is 6.92 Å². The van der Waals surface area contributed by atoms with Crippen LogP contribution < -0.4 is 31.9 Å². The van der Waals surface area contributed by atoms with Crippen LogP contribution in [-0.4, -0.2) is 124 Å². The van der Waals surface area contributed by atoms with Crippen molar-refractivity contribution in [2.24, 2.45) is 11.8 Å². The standard InChI is InChI=1S/C33H53N7O12/c1-8-10-20(27(46)32(51)34-15-24(44)45)37-30(49)22-11-9-14-40(22)33(52)26(17(4)5)39-31(50)25(16(2)3)38-28(47)18(6)35-29(48)21(36-19(7)41)12-13-23(42)43/h16-18,20-22,25-26H,8-15H2,1-7H3,(H,34,51)(H,35,48)(H,36,41)(H,37,49)(H,38,47)(H,39,50)(H,42,43)(H,44,45). The largest absolute Gasteiger partial charge is 0.481 e. The van der Waals surface area contributed by atoms with E-state index in [1.54, 1.807) is 34.6 Å². The van der Waals surface area contributed by atoms with Gasteiger partial charge in [0.05, 0.1) is 6.04 Å². The number of nitrogens with zero attached hydrogens (tertiary/aromatic N) is 1. The van der Waals surface area contributed by atoms with Crippen molar-refractivity contribution < 1.29 is 58.2 Å². The molecule has 1 heterocycles. The first-order chi connectivity index (χ1) is 24.2. The first kappa shape index (κ1) is 44.9. The van der Waals surface area contributed by atoms with Gasteiger partial charge in [0.2, 0.25) is 41.2 Å². The van der Waals surface area contributed by atoms with E-state index in [1.807, 2.05) is 5.32 Å². The molecular weight excluding hydrogens is 686 g/mol. The molecule has 0 aromatic carbocycles. The summed E-state index contributed by atoms with van der Waals surface area (Å²) < 4.78 is 0. The number of hydrogen-bond acceptors (Lipinski definition) is 10. The van der Waals surface area contributed by atoms with Gasteiger partial charge < -0.3 is 47.0 Å². The molecule has 6 atom stereocenters. The monoisotopic (exact) mass is 739 g/mol. The molecule has 1 fully saturated rings. The Kier molecular flexibility index (Phi) is 18.4. The molecule has 1 aliphatic rings. The lowest BCUT2D eigenvalue weighted by Crippen LogP contribution is -2.61. The maximum Gasteiger partial charge on any atom is 0.322 e. The van der Waals surface area contributed by atoms with Crippen LogP contribution >= 0.6 is 0 Å². The smallest absolute Gasteiger partial charge is 0.322 e. The molecule has 292 valence electrons. The Hall–Kier alpha value is -5.10. The number of amides is 7. The molecule has 19 heteroatoms. The highest BCUT2D eigenvalue weighted by molar-refractivity contribution is 6.38. The molecule has 1 rings (SSSR count). The minimum Gasteiger partial charge on any atom is -0.481 e. The quantitative estimate of drug-likeness (QED) is 0.0605. The topological polar surface area (TPSA) is 287 Å². The third kappa shape index (κ3) is 14.3. The van der Waals surface area contributed by atoms with Crippen LogP contribution in [0.5, 0.6) is 0 Å². The average molecular weight is 740 g/mol. The molecule has 19 nitrogen and oxygen atoms in total. The van der Waals surface area contributed by atoms with E-state index in [9.17, 15) is 47.9 Å². The summed E-state index contributed by atoms with van der Waals surface area (Å²) in [6, 6.07) is -7.03. The van der Waals surface area contributed by atoms with E-state index in [-0.39, 0.29) is 25.8 Å². The molecule has 0 saturated carbocycles. The zero-order valence-corrected chi connectivity index (χ0v) is 30.7. The van der Waals surface area contributed by atoms with Gasteiger partial charge in [-0.2, -0.15) is 0 Å². The van der Waals surface area contributed by atoms with Crippen molar-refractivity contribution in [2.75, 3.05) is 13.1 Å². The Labute approximate surface area is 302 Å². The normalized spacial score (nSPS) is 16.8. The second kappa shape index (κ2) is 21.3. The highest BCUT2D eigenvalue weighted by atomic mass is 16.4. The first-order valence-electron chi connectivity index (χ1n) is 17.3. The number of nitrogens with one attached hydrogen (secondary N) is 6. The Balaban J connectivity index is 3.06. The molecular formula is C33H53N7O12. The number of rotatable bonds is 21. The number of Topliss-reactive ketones (excluding diaryl/α,β-unsaturated/α-hetero) is 1. The SMILES string of the molecule is CCCC(NC(=O)C1CCCN1C(=O)C(NC(=O)C(NC(=O)C(C)NC(=O)C(CCC(=O)O)NC(C)=O)C(C)C)C(C)C)C(=O)C(=O)NCC(=O)O. The van der Waals surface area contributed by atoms with E-state index >= 15 is 0 Å². The van der Waals surface area contributed by atoms with Crippen LogP contribution in [0.25, 0.3) is 0 Å². The second-order valence-corrected chi connectivity index (χ2v) is 13.4. The summed E-state index contributed by atoms with van der Waals surface area (Å²) in [5.41, 5.74) is 0. The number of carboxylic acids is 2. The van der Waals surface area contributed by atoms with Gasteiger partial charge in [0.15, 0.2) is 0 Å². The number of carbonyl (C=O) groups is 10. The number of aliphatic carboxylic acids is 2. The fraction of sp³-hybridized carbons (Fsp3) is 0.697. The predicted molar refractivity (Wildman–Crippen MR) is 183 cm³/mol. The van der Waals surface area contributed by atoms with Crippen molar-refractivity contribution >= 4 is 59.1 Å². The maximum atomic E-state index is 13.9. The lowest BCUT2D eigenvalue weighted by molar-refractivity contribution is -0.145. The molecule has 0 aromatic rings. The van der Waals surface area contributed by atoms with E-state index < -0.39 is 120 Å². The average Bonchev–Trinajstić information content (AvgIpc) is 3.55. The van der Waals surface area contributed by atoms with Crippen LogP contribution in [0.2, 0.25) is 0 Å². The molecule has 52 heavy (non-hydrogen) atoms. The van der Waals surface area contributed by atoms with Crippen molar-refractivity contribution in [3.8, 4) is 0 Å². The zero-order chi connectivity index (χ0) is 39.9. The van der Waals surface area contributed by atoms with E-state index in [0.29, 0.717) is 12.8 Å². The molecule has 0 aromatic heterocycles. The van der Waals surface area contributed by atoms with Crippen molar-refractivity contribution in [1.29, 1.82) is 0 Å². The van der Waals surface area contributed by atoms with E-state index in [4.69, 9.17) is 10.2 Å². The van der Waals surface area contributed by atoms with E-state index in [2.05, 4.69) is 26.6 Å². The van der Waals surface area contributed by atoms with Gasteiger partial charge in [-0.25, -0.2) is 0 Å². The summed E-state index contributed by atoms with van der Waals surface area (Å²) in [7, 11) is 0. The Bertz CT molecular complexity index is 1370. The number of hydrogen-bond donors (Lipinski definition) is 8. The van der Waals surface area contributed by atoms with Crippen LogP contribution in [0.1, 0.15) is 87.0 Å². The minimum absolute atomic E-state index is 0.0849. The van der Waals surface area contributed by atoms with Gasteiger partial charge in [-0.15, -0.1) is 0 Å². The third-order valence-electron chi connectivity index (χ3n) is 8.24. The maximum absolute atomic E-state index is 13.9. The van der Waals surface area contributed by atoms with Crippen molar-refractivity contribution in [2.45, 2.75) is 123 Å². The highest BCUT2D eigenvalue weighted by Gasteiger charge is 2.41. The van der Waals surface area contributed by atoms with Crippen LogP contribution in [0.15, 0.2) is 0 Å². The van der Waals surface area contributed by atoms with Gasteiger partial charge >= 0.3 is 11.9 Å². The first-order valence-corrected chi connectivity index (χ1v) is 17.3. The molecule has 0 bridgehead atoms. The van der Waals surface area contributed by atoms with Crippen LogP contribution in [0.3, 0.4) is 0 Å². The molecule has 7 amide bonds. The van der Waals surface area contributed by atoms with Crippen molar-refractivity contribution in [3.63, 3.8) is 0 Å². The minimum atomic E-state index is -1.35. The fourth-order valence-corrected chi connectivity index (χ4v) is 5.44. The fourth-order valence-electron chi connectivity index (χ4n) is 5.44. The molecule has 8 N–H and O–H groups in total. The van der Waals surface area contributed by atoms with Crippen LogP contribution in [0.4, 0.5) is 0 Å². The molecule has 1 aliphatic heterocycles. The zero-order valence-electron chi connectivity index (χ0n) is 30.7. The summed E-state index contributed by atoms with van der Waals surface area (Å²) in [6.07, 6.45) is 0.520. The molecule has 1 saturated heterocycles. The van der Waals surface area contributed by atoms with Gasteiger partial charge in [-0.1, -0.05) is 41.0 Å². The molecule has 6 unspecified atom stereocenters. The molecule has 0 radical (unpaired) electrons. The highest BCUT2D eigenvalue weighted by Crippen LogP contribution is 2.21. The van der Waals surface area contributed by atoms with Gasteiger partial charge in [0, 0.05) is 19.9 Å². The Morgan fingerprint density at radius 2 is 1.31 bits per heavy atom. The van der Waals surface area contributed by atoms with Gasteiger partial charge in [-0.05, 0) is 44.4 Å². The van der Waals surface area contributed by atoms with Crippen molar-refractivity contribution in [3.05, 3.63) is 0 Å². The van der Waals surface area contributed by atoms with Gasteiger partial charge in [0.25, 0.3) is 5.91 Å². The summed E-state index contributed by atoms with van der Waals surface area (Å²) in [5.74, 6) is -9.85. The van der Waals surface area contributed by atoms with E-state index in [1.165, 1.54) is 11.8 Å².